The maximum Gasteiger partial charge on any atom is 0.337 e. The van der Waals surface area contributed by atoms with Gasteiger partial charge in [0.25, 0.3) is 0 Å². The summed E-state index contributed by atoms with van der Waals surface area (Å²) in [5.74, 6) is -1.13. The monoisotopic (exact) mass is 298 g/mol. The quantitative estimate of drug-likeness (QED) is 0.775. The van der Waals surface area contributed by atoms with Gasteiger partial charge < -0.3 is 15.7 Å². The van der Waals surface area contributed by atoms with Crippen LogP contribution in [0.5, 0.6) is 0 Å². The molecule has 0 atom stereocenters. The highest BCUT2D eigenvalue weighted by Gasteiger charge is 2.22. The maximum absolute atomic E-state index is 11.9. The Bertz CT molecular complexity index is 513. The second-order valence-corrected chi connectivity index (χ2v) is 5.25. The normalized spacial score (nSPS) is 11.0. The molecule has 0 saturated heterocycles. The molecule has 2 amide bonds. The fourth-order valence-electron chi connectivity index (χ4n) is 1.63. The summed E-state index contributed by atoms with van der Waals surface area (Å²) in [6, 6.07) is 3.97. The van der Waals surface area contributed by atoms with Crippen LogP contribution in [-0.4, -0.2) is 22.6 Å². The molecule has 0 saturated carbocycles. The van der Waals surface area contributed by atoms with Gasteiger partial charge in [-0.3, -0.25) is 0 Å². The molecule has 1 aromatic carbocycles. The molecule has 5 nitrogen and oxygen atoms in total. The second kappa shape index (κ2) is 6.61. The van der Waals surface area contributed by atoms with Gasteiger partial charge in [-0.25, -0.2) is 9.59 Å². The predicted octanol–water partition coefficient (Wildman–Crippen LogP) is 3.74. The Morgan fingerprint density at radius 2 is 1.90 bits per heavy atom. The molecule has 0 aliphatic carbocycles. The predicted molar refractivity (Wildman–Crippen MR) is 79.6 cm³/mol. The van der Waals surface area contributed by atoms with Crippen LogP contribution >= 0.6 is 11.6 Å². The Labute approximate surface area is 123 Å². The van der Waals surface area contributed by atoms with Crippen LogP contribution in [0.2, 0.25) is 5.02 Å². The van der Waals surface area contributed by atoms with Crippen molar-refractivity contribution in [3.05, 3.63) is 28.8 Å². The number of nitrogens with one attached hydrogen (secondary N) is 2. The van der Waals surface area contributed by atoms with Gasteiger partial charge in [-0.1, -0.05) is 25.4 Å². The van der Waals surface area contributed by atoms with Crippen LogP contribution in [0.25, 0.3) is 0 Å². The zero-order valence-electron chi connectivity index (χ0n) is 11.8. The first-order valence-electron chi connectivity index (χ1n) is 6.43. The highest BCUT2D eigenvalue weighted by Crippen LogP contribution is 2.21. The van der Waals surface area contributed by atoms with E-state index in [0.29, 0.717) is 5.69 Å². The third-order valence-corrected chi connectivity index (χ3v) is 3.76. The first kappa shape index (κ1) is 16.3. The van der Waals surface area contributed by atoms with Gasteiger partial charge in [-0.15, -0.1) is 0 Å². The number of aromatic carboxylic acids is 1. The molecule has 110 valence electrons. The number of hydrogen-bond acceptors (Lipinski definition) is 2. The summed E-state index contributed by atoms with van der Waals surface area (Å²) in [6.07, 6.45) is 1.61. The van der Waals surface area contributed by atoms with Gasteiger partial charge in [0.1, 0.15) is 0 Å². The Hall–Kier alpha value is -1.75. The van der Waals surface area contributed by atoms with Crippen LogP contribution < -0.4 is 10.6 Å². The second-order valence-electron chi connectivity index (χ2n) is 4.85. The average Bonchev–Trinajstić information content (AvgIpc) is 2.40. The molecule has 0 heterocycles. The number of benzene rings is 1. The van der Waals surface area contributed by atoms with Gasteiger partial charge in [-0.05, 0) is 38.0 Å². The molecule has 1 aromatic rings. The van der Waals surface area contributed by atoms with E-state index in [4.69, 9.17) is 16.7 Å². The molecule has 0 aliphatic rings. The number of amides is 2. The third-order valence-electron chi connectivity index (χ3n) is 3.43. The van der Waals surface area contributed by atoms with E-state index in [0.717, 1.165) is 12.8 Å². The van der Waals surface area contributed by atoms with Gasteiger partial charge in [0, 0.05) is 11.2 Å². The Balaban J connectivity index is 2.81. The van der Waals surface area contributed by atoms with Crippen molar-refractivity contribution in [2.24, 2.45) is 0 Å². The molecule has 0 unspecified atom stereocenters. The van der Waals surface area contributed by atoms with Crippen molar-refractivity contribution >= 4 is 29.3 Å². The van der Waals surface area contributed by atoms with Gasteiger partial charge >= 0.3 is 12.0 Å². The van der Waals surface area contributed by atoms with E-state index in [9.17, 15) is 9.59 Å². The van der Waals surface area contributed by atoms with E-state index in [2.05, 4.69) is 10.6 Å². The lowest BCUT2D eigenvalue weighted by atomic mass is 9.96. The number of anilines is 1. The maximum atomic E-state index is 11.9. The number of urea groups is 1. The number of carbonyl (C=O) groups is 2. The summed E-state index contributed by atoms with van der Waals surface area (Å²) in [5.41, 5.74) is 0.0589. The number of halogens is 1. The summed E-state index contributed by atoms with van der Waals surface area (Å²) in [4.78, 5) is 22.9. The van der Waals surface area contributed by atoms with Crippen LogP contribution in [0, 0.1) is 0 Å². The van der Waals surface area contributed by atoms with E-state index < -0.39 is 5.97 Å². The Morgan fingerprint density at radius 1 is 1.30 bits per heavy atom. The van der Waals surface area contributed by atoms with Crippen LogP contribution in [0.4, 0.5) is 10.5 Å². The third kappa shape index (κ3) is 4.13. The summed E-state index contributed by atoms with van der Waals surface area (Å²) < 4.78 is 0. The van der Waals surface area contributed by atoms with Crippen LogP contribution in [0.15, 0.2) is 18.2 Å². The summed E-state index contributed by atoms with van der Waals surface area (Å²) >= 11 is 5.77. The fraction of sp³-hybridized carbons (Fsp3) is 0.429. The molecular formula is C14H19ClN2O3. The molecular weight excluding hydrogens is 280 g/mol. The minimum Gasteiger partial charge on any atom is -0.478 e. The van der Waals surface area contributed by atoms with Gasteiger partial charge in [-0.2, -0.15) is 0 Å². The number of carbonyl (C=O) groups excluding carboxylic acids is 1. The van der Waals surface area contributed by atoms with Crippen molar-refractivity contribution in [3.63, 3.8) is 0 Å². The fourth-order valence-corrected chi connectivity index (χ4v) is 1.83. The number of carboxylic acids is 1. The minimum absolute atomic E-state index is 0.0433. The van der Waals surface area contributed by atoms with Crippen molar-refractivity contribution in [3.8, 4) is 0 Å². The van der Waals surface area contributed by atoms with E-state index in [-0.39, 0.29) is 22.2 Å². The SMILES string of the molecule is CCC(C)(CC)NC(=O)Nc1ccc(Cl)c(C(=O)O)c1. The smallest absolute Gasteiger partial charge is 0.337 e. The molecule has 1 rings (SSSR count). The first-order chi connectivity index (χ1) is 9.31. The first-order valence-corrected chi connectivity index (χ1v) is 6.81. The largest absolute Gasteiger partial charge is 0.478 e. The molecule has 3 N–H and O–H groups in total. The van der Waals surface area contributed by atoms with E-state index >= 15 is 0 Å². The average molecular weight is 299 g/mol. The molecule has 0 fully saturated rings. The number of carboxylic acid groups (broad SMARTS) is 1. The lowest BCUT2D eigenvalue weighted by Crippen LogP contribution is -2.46. The van der Waals surface area contributed by atoms with Crippen LogP contribution in [-0.2, 0) is 0 Å². The summed E-state index contributed by atoms with van der Waals surface area (Å²) in [7, 11) is 0. The van der Waals surface area contributed by atoms with Crippen LogP contribution in [0.3, 0.4) is 0 Å². The lowest BCUT2D eigenvalue weighted by Gasteiger charge is -2.28. The molecule has 6 heteroatoms. The van der Waals surface area contributed by atoms with Crippen molar-refractivity contribution in [1.82, 2.24) is 5.32 Å². The molecule has 20 heavy (non-hydrogen) atoms. The van der Waals surface area contributed by atoms with E-state index in [1.54, 1.807) is 6.07 Å². The standard InChI is InChI=1S/C14H19ClN2O3/c1-4-14(3,5-2)17-13(20)16-9-6-7-11(15)10(8-9)12(18)19/h6-8H,4-5H2,1-3H3,(H,18,19)(H2,16,17,20). The highest BCUT2D eigenvalue weighted by molar-refractivity contribution is 6.33. The van der Waals surface area contributed by atoms with Gasteiger partial charge in [0.2, 0.25) is 0 Å². The van der Waals surface area contributed by atoms with Gasteiger partial charge in [0.05, 0.1) is 10.6 Å². The zero-order valence-corrected chi connectivity index (χ0v) is 12.5. The Morgan fingerprint density at radius 3 is 2.40 bits per heavy atom. The van der Waals surface area contributed by atoms with Crippen molar-refractivity contribution in [2.75, 3.05) is 5.32 Å². The molecule has 0 aromatic heterocycles. The Kier molecular flexibility index (Phi) is 5.39. The molecule has 0 radical (unpaired) electrons. The molecule has 0 bridgehead atoms. The number of rotatable bonds is 5. The van der Waals surface area contributed by atoms with Crippen LogP contribution in [0.1, 0.15) is 44.0 Å². The van der Waals surface area contributed by atoms with Crippen molar-refractivity contribution < 1.29 is 14.7 Å². The zero-order chi connectivity index (χ0) is 15.3. The number of hydrogen-bond donors (Lipinski definition) is 3. The minimum atomic E-state index is -1.13. The van der Waals surface area contributed by atoms with Crippen molar-refractivity contribution in [2.45, 2.75) is 39.2 Å². The van der Waals surface area contributed by atoms with E-state index in [1.165, 1.54) is 12.1 Å². The van der Waals surface area contributed by atoms with E-state index in [1.807, 2.05) is 20.8 Å². The van der Waals surface area contributed by atoms with Gasteiger partial charge in [0.15, 0.2) is 0 Å². The molecule has 0 aliphatic heterocycles. The lowest BCUT2D eigenvalue weighted by molar-refractivity contribution is 0.0697. The topological polar surface area (TPSA) is 78.4 Å². The summed E-state index contributed by atoms with van der Waals surface area (Å²) in [6.45, 7) is 5.94. The van der Waals surface area contributed by atoms with Crippen molar-refractivity contribution in [1.29, 1.82) is 0 Å². The highest BCUT2D eigenvalue weighted by atomic mass is 35.5. The summed E-state index contributed by atoms with van der Waals surface area (Å²) in [5, 5.41) is 14.6. The molecule has 0 spiro atoms.